The van der Waals surface area contributed by atoms with E-state index in [0.29, 0.717) is 0 Å². The van der Waals surface area contributed by atoms with E-state index in [4.69, 9.17) is 6.42 Å². The van der Waals surface area contributed by atoms with Gasteiger partial charge in [-0.1, -0.05) is 19.3 Å². The molecule has 1 atom stereocenters. The van der Waals surface area contributed by atoms with Crippen LogP contribution in [0.15, 0.2) is 0 Å². The van der Waals surface area contributed by atoms with Gasteiger partial charge in [0, 0.05) is 5.54 Å². The van der Waals surface area contributed by atoms with Gasteiger partial charge in [-0.25, -0.2) is 0 Å². The topological polar surface area (TPSA) is 15.3 Å². The first-order valence-corrected chi connectivity index (χ1v) is 6.57. The lowest BCUT2D eigenvalue weighted by atomic mass is 9.90. The average molecular weight is 222 g/mol. The molecule has 0 radical (unpaired) electrons. The second-order valence-electron chi connectivity index (χ2n) is 5.26. The average Bonchev–Trinajstić information content (AvgIpc) is 2.31. The van der Waals surface area contributed by atoms with Gasteiger partial charge in [-0.15, -0.1) is 6.42 Å². The van der Waals surface area contributed by atoms with Gasteiger partial charge < -0.3 is 5.32 Å². The van der Waals surface area contributed by atoms with Crippen LogP contribution in [0.4, 0.5) is 0 Å². The van der Waals surface area contributed by atoms with Crippen molar-refractivity contribution in [3.63, 3.8) is 0 Å². The van der Waals surface area contributed by atoms with Crippen molar-refractivity contribution in [3.8, 4) is 12.3 Å². The van der Waals surface area contributed by atoms with Crippen LogP contribution >= 0.6 is 0 Å². The summed E-state index contributed by atoms with van der Waals surface area (Å²) in [7, 11) is 0. The molecule has 1 heterocycles. The fourth-order valence-electron chi connectivity index (χ4n) is 2.45. The van der Waals surface area contributed by atoms with Crippen molar-refractivity contribution in [1.29, 1.82) is 0 Å². The highest BCUT2D eigenvalue weighted by Crippen LogP contribution is 2.23. The molecule has 1 saturated heterocycles. The van der Waals surface area contributed by atoms with Gasteiger partial charge in [-0.2, -0.15) is 0 Å². The van der Waals surface area contributed by atoms with Gasteiger partial charge >= 0.3 is 0 Å². The monoisotopic (exact) mass is 222 g/mol. The van der Waals surface area contributed by atoms with Crippen LogP contribution in [-0.2, 0) is 0 Å². The Morgan fingerprint density at radius 2 is 1.94 bits per heavy atom. The van der Waals surface area contributed by atoms with Gasteiger partial charge in [0.2, 0.25) is 0 Å². The molecule has 0 bridgehead atoms. The van der Waals surface area contributed by atoms with E-state index < -0.39 is 0 Å². The third-order valence-electron chi connectivity index (χ3n) is 3.64. The van der Waals surface area contributed by atoms with Crippen LogP contribution in [0.25, 0.3) is 0 Å². The first-order valence-electron chi connectivity index (χ1n) is 6.57. The zero-order chi connectivity index (χ0) is 12.0. The molecule has 2 heteroatoms. The van der Waals surface area contributed by atoms with Crippen molar-refractivity contribution in [1.82, 2.24) is 10.2 Å². The Kier molecular flexibility index (Phi) is 5.31. The van der Waals surface area contributed by atoms with Crippen LogP contribution < -0.4 is 5.32 Å². The number of hydrogen-bond acceptors (Lipinski definition) is 2. The summed E-state index contributed by atoms with van der Waals surface area (Å²) in [5.41, 5.74) is 0.0738. The van der Waals surface area contributed by atoms with Gasteiger partial charge in [0.25, 0.3) is 0 Å². The highest BCUT2D eigenvalue weighted by atomic mass is 15.2. The molecule has 0 aromatic rings. The first-order chi connectivity index (χ1) is 7.62. The minimum absolute atomic E-state index is 0.0738. The lowest BCUT2D eigenvalue weighted by Gasteiger charge is -2.44. The Hall–Kier alpha value is -0.520. The summed E-state index contributed by atoms with van der Waals surface area (Å²) in [5.74, 6) is 2.92. The molecular weight excluding hydrogens is 196 g/mol. The third-order valence-corrected chi connectivity index (χ3v) is 3.64. The fourth-order valence-corrected chi connectivity index (χ4v) is 2.45. The number of rotatable bonds is 5. The van der Waals surface area contributed by atoms with Crippen molar-refractivity contribution < 1.29 is 0 Å². The van der Waals surface area contributed by atoms with Crippen molar-refractivity contribution in [2.24, 2.45) is 0 Å². The van der Waals surface area contributed by atoms with Crippen molar-refractivity contribution in [2.45, 2.75) is 58.0 Å². The molecule has 2 nitrogen and oxygen atoms in total. The highest BCUT2D eigenvalue weighted by Gasteiger charge is 2.34. The van der Waals surface area contributed by atoms with E-state index >= 15 is 0 Å². The Bertz CT molecular complexity index is 234. The zero-order valence-corrected chi connectivity index (χ0v) is 11.1. The molecule has 1 aliphatic heterocycles. The Morgan fingerprint density at radius 3 is 2.44 bits per heavy atom. The number of hydrogen-bond donors (Lipinski definition) is 1. The zero-order valence-electron chi connectivity index (χ0n) is 11.1. The van der Waals surface area contributed by atoms with E-state index in [1.807, 2.05) is 0 Å². The lowest BCUT2D eigenvalue weighted by molar-refractivity contribution is 0.0774. The smallest absolute Gasteiger partial charge is 0.0868 e. The minimum Gasteiger partial charge on any atom is -0.302 e. The summed E-state index contributed by atoms with van der Waals surface area (Å²) < 4.78 is 0. The fraction of sp³-hybridized carbons (Fsp3) is 0.857. The van der Waals surface area contributed by atoms with E-state index in [1.54, 1.807) is 0 Å². The molecule has 1 N–H and O–H groups in total. The summed E-state index contributed by atoms with van der Waals surface area (Å²) in [6.45, 7) is 10.1. The molecular formula is C14H26N2. The summed E-state index contributed by atoms with van der Waals surface area (Å²) in [6, 6.07) is 0.158. The minimum atomic E-state index is 0.0738. The van der Waals surface area contributed by atoms with Crippen LogP contribution in [-0.4, -0.2) is 36.1 Å². The molecule has 1 rings (SSSR count). The predicted molar refractivity (Wildman–Crippen MR) is 70.4 cm³/mol. The molecule has 1 fully saturated rings. The van der Waals surface area contributed by atoms with Gasteiger partial charge in [0.15, 0.2) is 0 Å². The molecule has 0 saturated carbocycles. The number of piperidine rings is 1. The van der Waals surface area contributed by atoms with Gasteiger partial charge in [-0.05, 0) is 52.7 Å². The molecule has 92 valence electrons. The Labute approximate surface area is 101 Å². The molecule has 0 aliphatic carbocycles. The molecule has 0 spiro atoms. The molecule has 1 unspecified atom stereocenters. The summed E-state index contributed by atoms with van der Waals surface area (Å²) in [4.78, 5) is 2.55. The van der Waals surface area contributed by atoms with E-state index in [0.717, 1.165) is 13.0 Å². The van der Waals surface area contributed by atoms with Gasteiger partial charge in [0.1, 0.15) is 0 Å². The summed E-state index contributed by atoms with van der Waals surface area (Å²) >= 11 is 0. The number of terminal acetylenes is 1. The quantitative estimate of drug-likeness (QED) is 0.718. The maximum atomic E-state index is 5.67. The SMILES string of the molecule is C#CC(NCCC)C(C)(C)N1CCCCC1. The maximum absolute atomic E-state index is 5.67. The number of likely N-dealkylation sites (tertiary alicyclic amines) is 1. The normalized spacial score (nSPS) is 20.4. The Balaban J connectivity index is 2.60. The van der Waals surface area contributed by atoms with Crippen LogP contribution in [0.3, 0.4) is 0 Å². The van der Waals surface area contributed by atoms with Crippen molar-refractivity contribution in [3.05, 3.63) is 0 Å². The number of nitrogens with zero attached hydrogens (tertiary/aromatic N) is 1. The summed E-state index contributed by atoms with van der Waals surface area (Å²) in [6.07, 6.45) is 10.8. The summed E-state index contributed by atoms with van der Waals surface area (Å²) in [5, 5.41) is 3.48. The van der Waals surface area contributed by atoms with Crippen LogP contribution in [0.2, 0.25) is 0 Å². The van der Waals surface area contributed by atoms with Gasteiger partial charge in [-0.3, -0.25) is 4.90 Å². The second-order valence-corrected chi connectivity index (χ2v) is 5.26. The van der Waals surface area contributed by atoms with E-state index in [2.05, 4.69) is 36.9 Å². The second kappa shape index (κ2) is 6.27. The Morgan fingerprint density at radius 1 is 1.31 bits per heavy atom. The maximum Gasteiger partial charge on any atom is 0.0868 e. The first kappa shape index (κ1) is 13.5. The molecule has 0 aromatic heterocycles. The van der Waals surface area contributed by atoms with Crippen LogP contribution in [0.5, 0.6) is 0 Å². The number of nitrogens with one attached hydrogen (secondary N) is 1. The molecule has 16 heavy (non-hydrogen) atoms. The van der Waals surface area contributed by atoms with E-state index in [1.165, 1.54) is 32.4 Å². The van der Waals surface area contributed by atoms with Crippen LogP contribution in [0.1, 0.15) is 46.5 Å². The molecule has 0 amide bonds. The largest absolute Gasteiger partial charge is 0.302 e. The predicted octanol–water partition coefficient (Wildman–Crippen LogP) is 2.25. The lowest BCUT2D eigenvalue weighted by Crippen LogP contribution is -2.58. The van der Waals surface area contributed by atoms with Crippen molar-refractivity contribution in [2.75, 3.05) is 19.6 Å². The van der Waals surface area contributed by atoms with E-state index in [-0.39, 0.29) is 11.6 Å². The molecule has 0 aromatic carbocycles. The van der Waals surface area contributed by atoms with Crippen molar-refractivity contribution >= 4 is 0 Å². The van der Waals surface area contributed by atoms with E-state index in [9.17, 15) is 0 Å². The molecule has 1 aliphatic rings. The highest BCUT2D eigenvalue weighted by molar-refractivity contribution is 5.11. The third kappa shape index (κ3) is 3.23. The standard InChI is InChI=1S/C14H26N2/c1-5-10-15-13(6-2)14(3,4)16-11-8-7-9-12-16/h2,13,15H,5,7-12H2,1,3-4H3. The van der Waals surface area contributed by atoms with Crippen LogP contribution in [0, 0.1) is 12.3 Å². The van der Waals surface area contributed by atoms with Gasteiger partial charge in [0.05, 0.1) is 6.04 Å².